The predicted octanol–water partition coefficient (Wildman–Crippen LogP) is 4.30. The number of nitrogens with zero attached hydrogens (tertiary/aromatic N) is 2. The van der Waals surface area contributed by atoms with Crippen molar-refractivity contribution in [3.05, 3.63) is 63.9 Å². The molecule has 1 heterocycles. The zero-order valence-electron chi connectivity index (χ0n) is 16.2. The quantitative estimate of drug-likeness (QED) is 0.462. The van der Waals surface area contributed by atoms with Crippen molar-refractivity contribution in [2.24, 2.45) is 0 Å². The summed E-state index contributed by atoms with van der Waals surface area (Å²) in [5.74, 6) is 0.803. The summed E-state index contributed by atoms with van der Waals surface area (Å²) in [4.78, 5) is 20.1. The van der Waals surface area contributed by atoms with Crippen LogP contribution < -0.4 is 26.1 Å². The Balaban J connectivity index is 1.60. The van der Waals surface area contributed by atoms with Crippen LogP contribution in [0, 0.1) is 13.8 Å². The van der Waals surface area contributed by atoms with Gasteiger partial charge in [0.2, 0.25) is 5.88 Å². The molecular weight excluding hydrogens is 429 g/mol. The molecule has 0 aliphatic heterocycles. The summed E-state index contributed by atoms with van der Waals surface area (Å²) in [5.41, 5.74) is 13.4. The average Bonchev–Trinajstić information content (AvgIpc) is 2.67. The lowest BCUT2D eigenvalue weighted by Crippen LogP contribution is -2.34. The van der Waals surface area contributed by atoms with Gasteiger partial charge >= 0.3 is 0 Å². The van der Waals surface area contributed by atoms with Crippen LogP contribution in [0.15, 0.2) is 42.7 Å². The third-order valence-electron chi connectivity index (χ3n) is 3.83. The third kappa shape index (κ3) is 5.65. The molecule has 0 fully saturated rings. The molecule has 1 aromatic heterocycles. The van der Waals surface area contributed by atoms with Crippen molar-refractivity contribution in [3.8, 4) is 17.4 Å². The van der Waals surface area contributed by atoms with Crippen molar-refractivity contribution in [2.45, 2.75) is 13.8 Å². The largest absolute Gasteiger partial charge is 0.482 e. The van der Waals surface area contributed by atoms with Crippen molar-refractivity contribution in [3.63, 3.8) is 0 Å². The Morgan fingerprint density at radius 2 is 1.83 bits per heavy atom. The van der Waals surface area contributed by atoms with Gasteiger partial charge in [0, 0.05) is 5.02 Å². The molecule has 0 aliphatic carbocycles. The zero-order valence-corrected chi connectivity index (χ0v) is 17.7. The van der Waals surface area contributed by atoms with Crippen LogP contribution in [-0.4, -0.2) is 22.5 Å². The molecule has 0 spiro atoms. The lowest BCUT2D eigenvalue weighted by atomic mass is 10.1. The number of carbonyl (C=O) groups excluding carboxylic acids is 1. The van der Waals surface area contributed by atoms with E-state index in [0.29, 0.717) is 21.5 Å². The molecule has 30 heavy (non-hydrogen) atoms. The predicted molar refractivity (Wildman–Crippen MR) is 116 cm³/mol. The van der Waals surface area contributed by atoms with E-state index in [2.05, 4.69) is 20.8 Å². The van der Waals surface area contributed by atoms with Gasteiger partial charge in [0.25, 0.3) is 5.91 Å². The maximum atomic E-state index is 12.0. The number of aromatic nitrogens is 2. The molecule has 0 atom stereocenters. The minimum atomic E-state index is -0.476. The monoisotopic (exact) mass is 447 g/mol. The summed E-state index contributed by atoms with van der Waals surface area (Å²) in [5, 5.41) is 0.771. The van der Waals surface area contributed by atoms with Crippen LogP contribution >= 0.6 is 23.2 Å². The van der Waals surface area contributed by atoms with E-state index in [0.717, 1.165) is 11.1 Å². The van der Waals surface area contributed by atoms with E-state index in [1.165, 1.54) is 12.4 Å². The number of nitrogens with one attached hydrogen (secondary N) is 2. The van der Waals surface area contributed by atoms with Crippen LogP contribution in [0.4, 0.5) is 11.5 Å². The molecule has 1 amide bonds. The molecule has 0 radical (unpaired) electrons. The van der Waals surface area contributed by atoms with E-state index < -0.39 is 5.91 Å². The fraction of sp³-hybridized carbons (Fsp3) is 0.150. The normalized spacial score (nSPS) is 10.4. The molecule has 0 bridgehead atoms. The van der Waals surface area contributed by atoms with Gasteiger partial charge in [-0.3, -0.25) is 15.6 Å². The van der Waals surface area contributed by atoms with Gasteiger partial charge < -0.3 is 15.2 Å². The van der Waals surface area contributed by atoms with Crippen molar-refractivity contribution in [2.75, 3.05) is 17.8 Å². The molecule has 0 aliphatic rings. The topological polar surface area (TPSA) is 111 Å². The lowest BCUT2D eigenvalue weighted by molar-refractivity contribution is -0.122. The molecule has 2 aromatic carbocycles. The summed E-state index contributed by atoms with van der Waals surface area (Å²) < 4.78 is 11.1. The van der Waals surface area contributed by atoms with Crippen molar-refractivity contribution < 1.29 is 14.3 Å². The number of hydrazine groups is 1. The zero-order chi connectivity index (χ0) is 21.7. The third-order valence-corrected chi connectivity index (χ3v) is 4.36. The van der Waals surface area contributed by atoms with Gasteiger partial charge in [0.05, 0.1) is 5.02 Å². The van der Waals surface area contributed by atoms with Crippen LogP contribution in [0.2, 0.25) is 10.0 Å². The van der Waals surface area contributed by atoms with E-state index in [9.17, 15) is 4.79 Å². The molecule has 10 heteroatoms. The molecular formula is C20H19Cl2N5O3. The van der Waals surface area contributed by atoms with Crippen LogP contribution in [-0.2, 0) is 4.79 Å². The van der Waals surface area contributed by atoms with E-state index in [-0.39, 0.29) is 24.0 Å². The van der Waals surface area contributed by atoms with Gasteiger partial charge in [-0.2, -0.15) is 4.98 Å². The van der Waals surface area contributed by atoms with Gasteiger partial charge in [0.1, 0.15) is 23.5 Å². The summed E-state index contributed by atoms with van der Waals surface area (Å²) >= 11 is 11.8. The first kappa shape index (κ1) is 21.5. The van der Waals surface area contributed by atoms with Gasteiger partial charge in [-0.05, 0) is 55.3 Å². The summed E-state index contributed by atoms with van der Waals surface area (Å²) in [6, 6.07) is 10.5. The van der Waals surface area contributed by atoms with Gasteiger partial charge in [-0.25, -0.2) is 4.98 Å². The number of ether oxygens (including phenoxy) is 2. The number of amides is 1. The van der Waals surface area contributed by atoms with Gasteiger partial charge in [-0.1, -0.05) is 29.3 Å². The Hall–Kier alpha value is -3.23. The van der Waals surface area contributed by atoms with Gasteiger partial charge in [0.15, 0.2) is 12.4 Å². The fourth-order valence-corrected chi connectivity index (χ4v) is 3.03. The Labute approximate surface area is 183 Å². The Kier molecular flexibility index (Phi) is 6.81. The maximum Gasteiger partial charge on any atom is 0.276 e. The molecule has 0 saturated carbocycles. The highest BCUT2D eigenvalue weighted by Crippen LogP contribution is 2.30. The number of carbonyl (C=O) groups is 1. The number of nitrogens with two attached hydrogens (primary N) is 1. The highest BCUT2D eigenvalue weighted by molar-refractivity contribution is 6.35. The van der Waals surface area contributed by atoms with E-state index in [1.54, 1.807) is 12.1 Å². The molecule has 3 aromatic rings. The number of halogens is 2. The number of nitrogen functional groups attached to an aromatic ring is 1. The van der Waals surface area contributed by atoms with Crippen LogP contribution in [0.25, 0.3) is 0 Å². The molecule has 156 valence electrons. The second kappa shape index (κ2) is 9.51. The molecule has 3 rings (SSSR count). The SMILES string of the molecule is Cc1cc(C)cc(Oc2ncnc(NNC(=O)COc3ccc(Cl)cc3Cl)c2N)c1. The average molecular weight is 448 g/mol. The molecule has 4 N–H and O–H groups in total. The van der Waals surface area contributed by atoms with E-state index >= 15 is 0 Å². The number of rotatable bonds is 7. The standard InChI is InChI=1S/C20H19Cl2N5O3/c1-11-5-12(2)7-14(6-11)30-20-18(23)19(24-10-25-20)27-26-17(28)9-29-16-4-3-13(21)8-15(16)22/h3-8,10H,9,23H2,1-2H3,(H,26,28)(H,24,25,27). The lowest BCUT2D eigenvalue weighted by Gasteiger charge is -2.13. The summed E-state index contributed by atoms with van der Waals surface area (Å²) in [6.45, 7) is 3.64. The van der Waals surface area contributed by atoms with E-state index in [1.807, 2.05) is 32.0 Å². The highest BCUT2D eigenvalue weighted by atomic mass is 35.5. The second-order valence-electron chi connectivity index (χ2n) is 6.40. The van der Waals surface area contributed by atoms with Crippen LogP contribution in [0.5, 0.6) is 17.4 Å². The minimum Gasteiger partial charge on any atom is -0.482 e. The van der Waals surface area contributed by atoms with Crippen LogP contribution in [0.1, 0.15) is 11.1 Å². The second-order valence-corrected chi connectivity index (χ2v) is 7.25. The molecule has 0 saturated heterocycles. The van der Waals surface area contributed by atoms with E-state index in [4.69, 9.17) is 38.4 Å². The number of benzene rings is 2. The number of anilines is 2. The number of hydrogen-bond acceptors (Lipinski definition) is 7. The van der Waals surface area contributed by atoms with Gasteiger partial charge in [-0.15, -0.1) is 0 Å². The first-order valence-electron chi connectivity index (χ1n) is 8.81. The van der Waals surface area contributed by atoms with Crippen molar-refractivity contribution in [1.82, 2.24) is 15.4 Å². The molecule has 8 nitrogen and oxygen atoms in total. The first-order valence-corrected chi connectivity index (χ1v) is 9.56. The number of hydrogen-bond donors (Lipinski definition) is 3. The minimum absolute atomic E-state index is 0.138. The highest BCUT2D eigenvalue weighted by Gasteiger charge is 2.12. The summed E-state index contributed by atoms with van der Waals surface area (Å²) in [7, 11) is 0. The Morgan fingerprint density at radius 3 is 2.53 bits per heavy atom. The van der Waals surface area contributed by atoms with Crippen LogP contribution in [0.3, 0.4) is 0 Å². The smallest absolute Gasteiger partial charge is 0.276 e. The first-order chi connectivity index (χ1) is 14.3. The van der Waals surface area contributed by atoms with Crippen molar-refractivity contribution >= 4 is 40.6 Å². The summed E-state index contributed by atoms with van der Waals surface area (Å²) in [6.07, 6.45) is 1.27. The fourth-order valence-electron chi connectivity index (χ4n) is 2.56. The maximum absolute atomic E-state index is 12.0. The molecule has 0 unspecified atom stereocenters. The van der Waals surface area contributed by atoms with Crippen molar-refractivity contribution in [1.29, 1.82) is 0 Å². The number of aryl methyl sites for hydroxylation is 2. The Morgan fingerprint density at radius 1 is 1.10 bits per heavy atom. The Bertz CT molecular complexity index is 1060.